The van der Waals surface area contributed by atoms with Gasteiger partial charge in [-0.3, -0.25) is 4.99 Å². The number of nitrogens with one attached hydrogen (secondary N) is 2. The monoisotopic (exact) mass is 350 g/mol. The Kier molecular flexibility index (Phi) is 7.86. The molecule has 24 heavy (non-hydrogen) atoms. The third-order valence-corrected chi connectivity index (χ3v) is 5.16. The van der Waals surface area contributed by atoms with Crippen molar-refractivity contribution < 1.29 is 0 Å². The van der Waals surface area contributed by atoms with E-state index in [1.54, 1.807) is 0 Å². The fourth-order valence-electron chi connectivity index (χ4n) is 3.25. The second-order valence-corrected chi connectivity index (χ2v) is 7.02. The van der Waals surface area contributed by atoms with Crippen molar-refractivity contribution in [1.29, 1.82) is 0 Å². The molecule has 1 unspecified atom stereocenters. The zero-order valence-electron chi connectivity index (χ0n) is 15.2. The summed E-state index contributed by atoms with van der Waals surface area (Å²) in [6, 6.07) is 8.12. The molecular formula is C19H31ClN4. The number of rotatable bonds is 6. The second kappa shape index (κ2) is 9.90. The molecule has 2 rings (SSSR count). The van der Waals surface area contributed by atoms with Crippen LogP contribution >= 0.6 is 11.6 Å². The molecule has 0 aromatic heterocycles. The standard InChI is InChI=1S/C19H31ClN4/c1-4-24-12-9-16(10-13-24)8-11-22-19(21-3)23-15(2)17-6-5-7-18(20)14-17/h5-7,14-16H,4,8-13H2,1-3H3,(H2,21,22,23). The predicted molar refractivity (Wildman–Crippen MR) is 104 cm³/mol. The van der Waals surface area contributed by atoms with Crippen molar-refractivity contribution in [3.05, 3.63) is 34.9 Å². The van der Waals surface area contributed by atoms with Gasteiger partial charge >= 0.3 is 0 Å². The maximum absolute atomic E-state index is 6.07. The number of aliphatic imine (C=N–C) groups is 1. The molecular weight excluding hydrogens is 320 g/mol. The molecule has 0 amide bonds. The maximum Gasteiger partial charge on any atom is 0.191 e. The molecule has 1 atom stereocenters. The van der Waals surface area contributed by atoms with E-state index >= 15 is 0 Å². The first kappa shape index (κ1) is 19.1. The third-order valence-electron chi connectivity index (χ3n) is 4.92. The molecule has 1 aromatic carbocycles. The van der Waals surface area contributed by atoms with Crippen molar-refractivity contribution in [2.45, 2.75) is 39.2 Å². The van der Waals surface area contributed by atoms with Crippen LogP contribution in [-0.4, -0.2) is 44.1 Å². The van der Waals surface area contributed by atoms with Gasteiger partial charge in [-0.25, -0.2) is 0 Å². The van der Waals surface area contributed by atoms with E-state index in [1.807, 2.05) is 25.2 Å². The van der Waals surface area contributed by atoms with Crippen molar-refractivity contribution in [3.8, 4) is 0 Å². The number of halogens is 1. The van der Waals surface area contributed by atoms with Crippen molar-refractivity contribution in [2.75, 3.05) is 33.2 Å². The smallest absolute Gasteiger partial charge is 0.191 e. The summed E-state index contributed by atoms with van der Waals surface area (Å²) in [4.78, 5) is 6.88. The Morgan fingerprint density at radius 3 is 2.75 bits per heavy atom. The number of hydrogen-bond acceptors (Lipinski definition) is 2. The highest BCUT2D eigenvalue weighted by Gasteiger charge is 2.17. The number of benzene rings is 1. The van der Waals surface area contributed by atoms with Crippen LogP contribution in [0.1, 0.15) is 44.7 Å². The van der Waals surface area contributed by atoms with Crippen LogP contribution in [0.5, 0.6) is 0 Å². The lowest BCUT2D eigenvalue weighted by atomic mass is 9.93. The highest BCUT2D eigenvalue weighted by Crippen LogP contribution is 2.20. The Morgan fingerprint density at radius 1 is 1.38 bits per heavy atom. The van der Waals surface area contributed by atoms with Gasteiger partial charge in [-0.2, -0.15) is 0 Å². The summed E-state index contributed by atoms with van der Waals surface area (Å²) in [5, 5.41) is 7.65. The van der Waals surface area contributed by atoms with Crippen LogP contribution in [0.25, 0.3) is 0 Å². The Labute approximate surface area is 151 Å². The fraction of sp³-hybridized carbons (Fsp3) is 0.632. The highest BCUT2D eigenvalue weighted by atomic mass is 35.5. The number of nitrogens with zero attached hydrogens (tertiary/aromatic N) is 2. The lowest BCUT2D eigenvalue weighted by Crippen LogP contribution is -2.40. The molecule has 0 bridgehead atoms. The van der Waals surface area contributed by atoms with E-state index in [9.17, 15) is 0 Å². The zero-order valence-corrected chi connectivity index (χ0v) is 15.9. The van der Waals surface area contributed by atoms with E-state index in [-0.39, 0.29) is 6.04 Å². The molecule has 5 heteroatoms. The topological polar surface area (TPSA) is 39.7 Å². The van der Waals surface area contributed by atoms with Crippen LogP contribution in [0.2, 0.25) is 5.02 Å². The van der Waals surface area contributed by atoms with Gasteiger partial charge in [-0.1, -0.05) is 30.7 Å². The zero-order chi connectivity index (χ0) is 17.4. The van der Waals surface area contributed by atoms with Gasteiger partial charge in [0.15, 0.2) is 5.96 Å². The normalized spacial score (nSPS) is 18.4. The van der Waals surface area contributed by atoms with Crippen molar-refractivity contribution >= 4 is 17.6 Å². The average molecular weight is 351 g/mol. The molecule has 1 fully saturated rings. The number of guanidine groups is 1. The molecule has 1 aliphatic heterocycles. The van der Waals surface area contributed by atoms with Crippen LogP contribution in [0.15, 0.2) is 29.3 Å². The van der Waals surface area contributed by atoms with Crippen LogP contribution < -0.4 is 10.6 Å². The van der Waals surface area contributed by atoms with Gasteiger partial charge in [0, 0.05) is 18.6 Å². The highest BCUT2D eigenvalue weighted by molar-refractivity contribution is 6.30. The molecule has 0 aliphatic carbocycles. The molecule has 1 heterocycles. The van der Waals surface area contributed by atoms with Crippen molar-refractivity contribution in [2.24, 2.45) is 10.9 Å². The van der Waals surface area contributed by atoms with E-state index < -0.39 is 0 Å². The molecule has 1 aliphatic rings. The number of likely N-dealkylation sites (tertiary alicyclic amines) is 1. The van der Waals surface area contributed by atoms with Gasteiger partial charge < -0.3 is 15.5 Å². The summed E-state index contributed by atoms with van der Waals surface area (Å²) in [6.45, 7) is 9.03. The summed E-state index contributed by atoms with van der Waals surface area (Å²) in [6.07, 6.45) is 3.85. The number of piperidine rings is 1. The Balaban J connectivity index is 1.73. The SMILES string of the molecule is CCN1CCC(CCNC(=NC)NC(C)c2cccc(Cl)c2)CC1. The quantitative estimate of drug-likeness (QED) is 0.607. The molecule has 4 nitrogen and oxygen atoms in total. The molecule has 2 N–H and O–H groups in total. The summed E-state index contributed by atoms with van der Waals surface area (Å²) in [7, 11) is 1.82. The van der Waals surface area contributed by atoms with Crippen LogP contribution in [0.4, 0.5) is 0 Å². The minimum absolute atomic E-state index is 0.169. The molecule has 0 radical (unpaired) electrons. The molecule has 134 valence electrons. The van der Waals surface area contributed by atoms with Crippen molar-refractivity contribution in [3.63, 3.8) is 0 Å². The van der Waals surface area contributed by atoms with Crippen LogP contribution in [0, 0.1) is 5.92 Å². The van der Waals surface area contributed by atoms with E-state index in [4.69, 9.17) is 11.6 Å². The van der Waals surface area contributed by atoms with E-state index in [1.165, 1.54) is 38.9 Å². The summed E-state index contributed by atoms with van der Waals surface area (Å²) >= 11 is 6.07. The lowest BCUT2D eigenvalue weighted by molar-refractivity contribution is 0.187. The molecule has 1 saturated heterocycles. The van der Waals surface area contributed by atoms with Gasteiger partial charge in [0.05, 0.1) is 6.04 Å². The maximum atomic E-state index is 6.07. The first-order chi connectivity index (χ1) is 11.6. The molecule has 0 saturated carbocycles. The Morgan fingerprint density at radius 2 is 2.12 bits per heavy atom. The van der Waals surface area contributed by atoms with Gasteiger partial charge in [-0.15, -0.1) is 0 Å². The summed E-state index contributed by atoms with van der Waals surface area (Å²) in [5.41, 5.74) is 1.16. The van der Waals surface area contributed by atoms with Crippen LogP contribution in [0.3, 0.4) is 0 Å². The fourth-order valence-corrected chi connectivity index (χ4v) is 3.44. The van der Waals surface area contributed by atoms with E-state index in [0.29, 0.717) is 0 Å². The minimum Gasteiger partial charge on any atom is -0.356 e. The van der Waals surface area contributed by atoms with Crippen molar-refractivity contribution in [1.82, 2.24) is 15.5 Å². The first-order valence-corrected chi connectivity index (χ1v) is 9.45. The first-order valence-electron chi connectivity index (χ1n) is 9.07. The molecule has 1 aromatic rings. The third kappa shape index (κ3) is 5.99. The Hall–Kier alpha value is -1.26. The van der Waals surface area contributed by atoms with E-state index in [0.717, 1.165) is 29.0 Å². The number of hydrogen-bond donors (Lipinski definition) is 2. The average Bonchev–Trinajstić information content (AvgIpc) is 2.61. The van der Waals surface area contributed by atoms with E-state index in [2.05, 4.69) is 40.4 Å². The second-order valence-electron chi connectivity index (χ2n) is 6.59. The van der Waals surface area contributed by atoms with Gasteiger partial charge in [0.2, 0.25) is 0 Å². The molecule has 0 spiro atoms. The predicted octanol–water partition coefficient (Wildman–Crippen LogP) is 3.69. The van der Waals surface area contributed by atoms with Gasteiger partial charge in [-0.05, 0) is 69.4 Å². The minimum atomic E-state index is 0.169. The van der Waals surface area contributed by atoms with Gasteiger partial charge in [0.25, 0.3) is 0 Å². The Bertz CT molecular complexity index is 524. The van der Waals surface area contributed by atoms with Crippen LogP contribution in [-0.2, 0) is 0 Å². The summed E-state index contributed by atoms with van der Waals surface area (Å²) < 4.78 is 0. The largest absolute Gasteiger partial charge is 0.356 e. The van der Waals surface area contributed by atoms with Gasteiger partial charge in [0.1, 0.15) is 0 Å². The lowest BCUT2D eigenvalue weighted by Gasteiger charge is -2.31. The summed E-state index contributed by atoms with van der Waals surface area (Å²) in [5.74, 6) is 1.69.